The van der Waals surface area contributed by atoms with Crippen LogP contribution in [-0.2, 0) is 0 Å². The minimum atomic E-state index is -0.330. The van der Waals surface area contributed by atoms with E-state index >= 15 is 0 Å². The molecule has 0 saturated carbocycles. The first kappa shape index (κ1) is 13.3. The maximum atomic E-state index is 13.3. The van der Waals surface area contributed by atoms with Crippen LogP contribution in [0.25, 0.3) is 0 Å². The maximum Gasteiger partial charge on any atom is 0.153 e. The van der Waals surface area contributed by atoms with Crippen LogP contribution in [-0.4, -0.2) is 4.98 Å². The third-order valence-corrected chi connectivity index (χ3v) is 3.17. The molecule has 4 nitrogen and oxygen atoms in total. The molecule has 0 fully saturated rings. The van der Waals surface area contributed by atoms with Gasteiger partial charge in [0.2, 0.25) is 0 Å². The summed E-state index contributed by atoms with van der Waals surface area (Å²) in [5.41, 5.74) is 7.97. The number of aryl methyl sites for hydroxylation is 1. The Balaban J connectivity index is 2.37. The van der Waals surface area contributed by atoms with Crippen molar-refractivity contribution in [2.24, 2.45) is 0 Å². The Labute approximate surface area is 118 Å². The minimum Gasteiger partial charge on any atom is -0.396 e. The van der Waals surface area contributed by atoms with Crippen LogP contribution in [0.5, 0.6) is 0 Å². The van der Waals surface area contributed by atoms with Gasteiger partial charge in [-0.15, -0.1) is 0 Å². The number of nitrogens with zero attached hydrogens (tertiary/aromatic N) is 2. The number of rotatable bonds is 2. The molecule has 0 aliphatic rings. The molecule has 2 rings (SSSR count). The molecule has 2 aromatic rings. The molecule has 0 atom stereocenters. The van der Waals surface area contributed by atoms with Gasteiger partial charge in [0.05, 0.1) is 15.7 Å². The second-order valence-corrected chi connectivity index (χ2v) is 4.83. The lowest BCUT2D eigenvalue weighted by atomic mass is 10.2. The molecule has 3 N–H and O–H groups in total. The molecule has 19 heavy (non-hydrogen) atoms. The Kier molecular flexibility index (Phi) is 3.67. The number of anilines is 3. The highest BCUT2D eigenvalue weighted by Gasteiger charge is 2.08. The number of benzene rings is 1. The molecular formula is C13H10BrFN4. The van der Waals surface area contributed by atoms with Crippen LogP contribution in [0, 0.1) is 24.1 Å². The second-order valence-electron chi connectivity index (χ2n) is 3.98. The Bertz CT molecular complexity index is 679. The first-order valence-electron chi connectivity index (χ1n) is 5.39. The third kappa shape index (κ3) is 2.83. The molecule has 1 heterocycles. The van der Waals surface area contributed by atoms with E-state index in [1.54, 1.807) is 13.0 Å². The SMILES string of the molecule is Cc1cc(F)c(Br)cc1Nc1ncc(C#N)cc1N. The summed E-state index contributed by atoms with van der Waals surface area (Å²) in [7, 11) is 0. The highest BCUT2D eigenvalue weighted by molar-refractivity contribution is 9.10. The predicted molar refractivity (Wildman–Crippen MR) is 75.5 cm³/mol. The average Bonchev–Trinajstić information content (AvgIpc) is 2.38. The van der Waals surface area contributed by atoms with E-state index in [9.17, 15) is 4.39 Å². The van der Waals surface area contributed by atoms with Gasteiger partial charge in [0.1, 0.15) is 11.9 Å². The minimum absolute atomic E-state index is 0.330. The summed E-state index contributed by atoms with van der Waals surface area (Å²) >= 11 is 3.13. The number of pyridine rings is 1. The molecule has 0 bridgehead atoms. The highest BCUT2D eigenvalue weighted by atomic mass is 79.9. The fourth-order valence-electron chi connectivity index (χ4n) is 1.56. The molecule has 0 aliphatic heterocycles. The van der Waals surface area contributed by atoms with Crippen molar-refractivity contribution in [3.63, 3.8) is 0 Å². The van der Waals surface area contributed by atoms with E-state index in [1.165, 1.54) is 18.3 Å². The molecule has 0 unspecified atom stereocenters. The zero-order valence-corrected chi connectivity index (χ0v) is 11.6. The van der Waals surface area contributed by atoms with Crippen LogP contribution in [0.15, 0.2) is 28.9 Å². The van der Waals surface area contributed by atoms with Crippen LogP contribution < -0.4 is 11.1 Å². The topological polar surface area (TPSA) is 74.7 Å². The fraction of sp³-hybridized carbons (Fsp3) is 0.0769. The van der Waals surface area contributed by atoms with Crippen LogP contribution in [0.4, 0.5) is 21.6 Å². The molecule has 96 valence electrons. The number of nitriles is 1. The maximum absolute atomic E-state index is 13.3. The highest BCUT2D eigenvalue weighted by Crippen LogP contribution is 2.28. The van der Waals surface area contributed by atoms with Gasteiger partial charge in [-0.25, -0.2) is 9.37 Å². The normalized spacial score (nSPS) is 10.0. The summed E-state index contributed by atoms with van der Waals surface area (Å²) in [4.78, 5) is 4.07. The van der Waals surface area contributed by atoms with Crippen molar-refractivity contribution in [2.75, 3.05) is 11.1 Å². The Hall–Kier alpha value is -2.13. The standard InChI is InChI=1S/C13H10BrFN4/c1-7-2-10(15)9(14)4-12(7)19-13-11(17)3-8(5-16)6-18-13/h2-4,6H,17H2,1H3,(H,18,19). The van der Waals surface area contributed by atoms with Crippen LogP contribution in [0.2, 0.25) is 0 Å². The number of aromatic nitrogens is 1. The quantitative estimate of drug-likeness (QED) is 0.888. The van der Waals surface area contributed by atoms with Gasteiger partial charge in [-0.2, -0.15) is 5.26 Å². The zero-order chi connectivity index (χ0) is 14.0. The van der Waals surface area contributed by atoms with Gasteiger partial charge in [-0.05, 0) is 46.6 Å². The van der Waals surface area contributed by atoms with E-state index in [4.69, 9.17) is 11.0 Å². The number of hydrogen-bond acceptors (Lipinski definition) is 4. The number of nitrogen functional groups attached to an aromatic ring is 1. The van der Waals surface area contributed by atoms with Crippen molar-refractivity contribution in [3.05, 3.63) is 45.8 Å². The van der Waals surface area contributed by atoms with E-state index in [0.717, 1.165) is 5.56 Å². The molecule has 0 aliphatic carbocycles. The van der Waals surface area contributed by atoms with Crippen molar-refractivity contribution in [2.45, 2.75) is 6.92 Å². The first-order chi connectivity index (χ1) is 9.01. The Morgan fingerprint density at radius 1 is 1.42 bits per heavy atom. The monoisotopic (exact) mass is 320 g/mol. The lowest BCUT2D eigenvalue weighted by molar-refractivity contribution is 0.620. The summed E-state index contributed by atoms with van der Waals surface area (Å²) in [6, 6.07) is 6.51. The van der Waals surface area contributed by atoms with Crippen LogP contribution in [0.1, 0.15) is 11.1 Å². The molecule has 1 aromatic carbocycles. The van der Waals surface area contributed by atoms with Crippen molar-refractivity contribution < 1.29 is 4.39 Å². The van der Waals surface area contributed by atoms with Crippen molar-refractivity contribution in [1.29, 1.82) is 5.26 Å². The van der Waals surface area contributed by atoms with Gasteiger partial charge in [0.25, 0.3) is 0 Å². The zero-order valence-electron chi connectivity index (χ0n) is 10.0. The van der Waals surface area contributed by atoms with Gasteiger partial charge in [0, 0.05) is 11.9 Å². The Morgan fingerprint density at radius 3 is 2.79 bits per heavy atom. The summed E-state index contributed by atoms with van der Waals surface area (Å²) in [5, 5.41) is 11.8. The summed E-state index contributed by atoms with van der Waals surface area (Å²) < 4.78 is 13.7. The molecule has 0 saturated heterocycles. The molecule has 1 aromatic heterocycles. The summed E-state index contributed by atoms with van der Waals surface area (Å²) in [6.07, 6.45) is 1.42. The number of halogens is 2. The van der Waals surface area contributed by atoms with E-state index in [2.05, 4.69) is 26.2 Å². The fourth-order valence-corrected chi connectivity index (χ4v) is 1.90. The molecule has 0 radical (unpaired) electrons. The predicted octanol–water partition coefficient (Wildman–Crippen LogP) is 3.49. The van der Waals surface area contributed by atoms with Crippen molar-refractivity contribution in [1.82, 2.24) is 4.98 Å². The van der Waals surface area contributed by atoms with E-state index in [0.29, 0.717) is 27.2 Å². The van der Waals surface area contributed by atoms with Crippen molar-refractivity contribution in [3.8, 4) is 6.07 Å². The Morgan fingerprint density at radius 2 is 2.16 bits per heavy atom. The van der Waals surface area contributed by atoms with Gasteiger partial charge in [-0.3, -0.25) is 0 Å². The van der Waals surface area contributed by atoms with Gasteiger partial charge >= 0.3 is 0 Å². The number of hydrogen-bond donors (Lipinski definition) is 2. The molecule has 0 spiro atoms. The average molecular weight is 321 g/mol. The summed E-state index contributed by atoms with van der Waals surface area (Å²) in [5.74, 6) is 0.101. The van der Waals surface area contributed by atoms with Gasteiger partial charge < -0.3 is 11.1 Å². The number of nitrogens with one attached hydrogen (secondary N) is 1. The number of nitrogens with two attached hydrogens (primary N) is 1. The van der Waals surface area contributed by atoms with Gasteiger partial charge in [-0.1, -0.05) is 0 Å². The van der Waals surface area contributed by atoms with E-state index in [-0.39, 0.29) is 5.82 Å². The van der Waals surface area contributed by atoms with Crippen molar-refractivity contribution >= 4 is 33.1 Å². The molecule has 6 heteroatoms. The lowest BCUT2D eigenvalue weighted by Crippen LogP contribution is -2.01. The second kappa shape index (κ2) is 5.24. The molecule has 0 amide bonds. The smallest absolute Gasteiger partial charge is 0.153 e. The largest absolute Gasteiger partial charge is 0.396 e. The lowest BCUT2D eigenvalue weighted by Gasteiger charge is -2.11. The first-order valence-corrected chi connectivity index (χ1v) is 6.19. The van der Waals surface area contributed by atoms with Crippen LogP contribution in [0.3, 0.4) is 0 Å². The summed E-state index contributed by atoms with van der Waals surface area (Å²) in [6.45, 7) is 1.78. The van der Waals surface area contributed by atoms with E-state index < -0.39 is 0 Å². The third-order valence-electron chi connectivity index (χ3n) is 2.57. The molecular weight excluding hydrogens is 311 g/mol. The van der Waals surface area contributed by atoms with Gasteiger partial charge in [0.15, 0.2) is 5.82 Å². The van der Waals surface area contributed by atoms with E-state index in [1.807, 2.05) is 6.07 Å². The van der Waals surface area contributed by atoms with Crippen LogP contribution >= 0.6 is 15.9 Å².